The van der Waals surface area contributed by atoms with Gasteiger partial charge in [0.15, 0.2) is 0 Å². The lowest BCUT2D eigenvalue weighted by Crippen LogP contribution is -2.23. The number of nitrogens with zero attached hydrogens (tertiary/aromatic N) is 1. The lowest BCUT2D eigenvalue weighted by atomic mass is 10.2. The lowest BCUT2D eigenvalue weighted by molar-refractivity contribution is 0.0570. The smallest absolute Gasteiger partial charge is 0.0714 e. The van der Waals surface area contributed by atoms with Gasteiger partial charge in [0.1, 0.15) is 0 Å². The Labute approximate surface area is 82.3 Å². The van der Waals surface area contributed by atoms with Gasteiger partial charge < -0.3 is 9.64 Å². The number of unbranched alkanes of at least 4 members (excludes halogenated alkanes) is 2. The molecule has 1 unspecified atom stereocenters. The van der Waals surface area contributed by atoms with Gasteiger partial charge in [-0.3, -0.25) is 0 Å². The molecule has 1 saturated heterocycles. The normalized spacial score (nSPS) is 24.0. The number of hydrogen-bond acceptors (Lipinski definition) is 2. The standard InChI is InChI=1S/C11H23NO/c1-3-5-6-9-13-11-7-8-12(4-2)10-11/h11H,3-10H2,1-2H3. The highest BCUT2D eigenvalue weighted by atomic mass is 16.5. The molecule has 0 amide bonds. The van der Waals surface area contributed by atoms with Gasteiger partial charge in [-0.05, 0) is 19.4 Å². The summed E-state index contributed by atoms with van der Waals surface area (Å²) in [6.07, 6.45) is 5.59. The minimum Gasteiger partial charge on any atom is -0.377 e. The summed E-state index contributed by atoms with van der Waals surface area (Å²) in [5.74, 6) is 0. The van der Waals surface area contributed by atoms with Crippen molar-refractivity contribution >= 4 is 0 Å². The fourth-order valence-corrected chi connectivity index (χ4v) is 1.82. The molecule has 2 nitrogen and oxygen atoms in total. The summed E-state index contributed by atoms with van der Waals surface area (Å²) in [4.78, 5) is 2.46. The van der Waals surface area contributed by atoms with Crippen LogP contribution in [-0.4, -0.2) is 37.2 Å². The summed E-state index contributed by atoms with van der Waals surface area (Å²) in [6.45, 7) is 8.98. The largest absolute Gasteiger partial charge is 0.377 e. The Morgan fingerprint density at radius 3 is 2.77 bits per heavy atom. The van der Waals surface area contributed by atoms with Crippen molar-refractivity contribution in [2.75, 3.05) is 26.2 Å². The summed E-state index contributed by atoms with van der Waals surface area (Å²) < 4.78 is 5.80. The summed E-state index contributed by atoms with van der Waals surface area (Å²) in [5, 5.41) is 0. The van der Waals surface area contributed by atoms with Gasteiger partial charge in [0.2, 0.25) is 0 Å². The van der Waals surface area contributed by atoms with Crippen LogP contribution in [0.1, 0.15) is 39.5 Å². The number of likely N-dealkylation sites (tertiary alicyclic amines) is 1. The van der Waals surface area contributed by atoms with Crippen LogP contribution in [0.15, 0.2) is 0 Å². The zero-order chi connectivity index (χ0) is 9.52. The number of hydrogen-bond donors (Lipinski definition) is 0. The first kappa shape index (κ1) is 11.0. The molecular formula is C11H23NO. The van der Waals surface area contributed by atoms with E-state index < -0.39 is 0 Å². The van der Waals surface area contributed by atoms with Crippen molar-refractivity contribution in [3.05, 3.63) is 0 Å². The van der Waals surface area contributed by atoms with Gasteiger partial charge in [-0.15, -0.1) is 0 Å². The molecule has 1 heterocycles. The highest BCUT2D eigenvalue weighted by Gasteiger charge is 2.20. The minimum atomic E-state index is 0.525. The van der Waals surface area contributed by atoms with E-state index in [2.05, 4.69) is 18.7 Å². The average molecular weight is 185 g/mol. The van der Waals surface area contributed by atoms with Crippen molar-refractivity contribution in [1.29, 1.82) is 0 Å². The first-order chi connectivity index (χ1) is 6.36. The molecule has 1 aliphatic heterocycles. The second-order valence-electron chi connectivity index (χ2n) is 3.88. The molecule has 78 valence electrons. The molecule has 1 fully saturated rings. The maximum absolute atomic E-state index is 5.80. The molecule has 0 N–H and O–H groups in total. The van der Waals surface area contributed by atoms with Crippen molar-refractivity contribution < 1.29 is 4.74 Å². The molecule has 1 aliphatic rings. The van der Waals surface area contributed by atoms with Gasteiger partial charge in [-0.2, -0.15) is 0 Å². The lowest BCUT2D eigenvalue weighted by Gasteiger charge is -2.13. The first-order valence-electron chi connectivity index (χ1n) is 5.70. The summed E-state index contributed by atoms with van der Waals surface area (Å²) in [5.41, 5.74) is 0. The number of rotatable bonds is 6. The fourth-order valence-electron chi connectivity index (χ4n) is 1.82. The Morgan fingerprint density at radius 1 is 1.31 bits per heavy atom. The predicted molar refractivity (Wildman–Crippen MR) is 56.0 cm³/mol. The summed E-state index contributed by atoms with van der Waals surface area (Å²) in [7, 11) is 0. The van der Waals surface area contributed by atoms with Crippen LogP contribution in [0.5, 0.6) is 0 Å². The van der Waals surface area contributed by atoms with E-state index >= 15 is 0 Å². The van der Waals surface area contributed by atoms with Crippen LogP contribution in [-0.2, 0) is 4.74 Å². The van der Waals surface area contributed by atoms with Crippen molar-refractivity contribution in [2.24, 2.45) is 0 Å². The molecule has 0 spiro atoms. The first-order valence-corrected chi connectivity index (χ1v) is 5.70. The van der Waals surface area contributed by atoms with Crippen molar-refractivity contribution in [2.45, 2.75) is 45.6 Å². The molecular weight excluding hydrogens is 162 g/mol. The quantitative estimate of drug-likeness (QED) is 0.589. The molecule has 2 heteroatoms. The third-order valence-electron chi connectivity index (χ3n) is 2.78. The van der Waals surface area contributed by atoms with E-state index in [1.54, 1.807) is 0 Å². The van der Waals surface area contributed by atoms with E-state index in [0.717, 1.165) is 13.2 Å². The highest BCUT2D eigenvalue weighted by molar-refractivity contribution is 4.74. The Kier molecular flexibility index (Phi) is 5.40. The van der Waals surface area contributed by atoms with Gasteiger partial charge in [0.05, 0.1) is 6.10 Å². The Hall–Kier alpha value is -0.0800. The minimum absolute atomic E-state index is 0.525. The van der Waals surface area contributed by atoms with Gasteiger partial charge in [-0.1, -0.05) is 26.7 Å². The van der Waals surface area contributed by atoms with E-state index in [1.807, 2.05) is 0 Å². The molecule has 0 aliphatic carbocycles. The van der Waals surface area contributed by atoms with Crippen LogP contribution in [0, 0.1) is 0 Å². The van der Waals surface area contributed by atoms with Gasteiger partial charge in [0.25, 0.3) is 0 Å². The third kappa shape index (κ3) is 4.10. The molecule has 1 rings (SSSR count). The topological polar surface area (TPSA) is 12.5 Å². The maximum atomic E-state index is 5.80. The zero-order valence-corrected chi connectivity index (χ0v) is 9.09. The number of likely N-dealkylation sites (N-methyl/N-ethyl adjacent to an activating group) is 1. The average Bonchev–Trinajstić information content (AvgIpc) is 2.60. The Bertz CT molecular complexity index is 127. The van der Waals surface area contributed by atoms with E-state index in [1.165, 1.54) is 38.8 Å². The molecule has 0 aromatic heterocycles. The van der Waals surface area contributed by atoms with Gasteiger partial charge >= 0.3 is 0 Å². The summed E-state index contributed by atoms with van der Waals surface area (Å²) in [6, 6.07) is 0. The Balaban J connectivity index is 1.97. The van der Waals surface area contributed by atoms with Crippen LogP contribution in [0.4, 0.5) is 0 Å². The zero-order valence-electron chi connectivity index (χ0n) is 9.09. The SMILES string of the molecule is CCCCCOC1CCN(CC)C1. The predicted octanol–water partition coefficient (Wildman–Crippen LogP) is 2.29. The van der Waals surface area contributed by atoms with Crippen molar-refractivity contribution in [3.8, 4) is 0 Å². The molecule has 0 bridgehead atoms. The van der Waals surface area contributed by atoms with E-state index in [4.69, 9.17) is 4.74 Å². The van der Waals surface area contributed by atoms with Crippen LogP contribution >= 0.6 is 0 Å². The molecule has 0 aromatic rings. The molecule has 0 saturated carbocycles. The second-order valence-corrected chi connectivity index (χ2v) is 3.88. The highest BCUT2D eigenvalue weighted by Crippen LogP contribution is 2.12. The maximum Gasteiger partial charge on any atom is 0.0714 e. The van der Waals surface area contributed by atoms with Gasteiger partial charge in [-0.25, -0.2) is 0 Å². The van der Waals surface area contributed by atoms with Crippen LogP contribution < -0.4 is 0 Å². The second kappa shape index (κ2) is 6.39. The molecule has 13 heavy (non-hydrogen) atoms. The molecule has 0 radical (unpaired) electrons. The van der Waals surface area contributed by atoms with Crippen LogP contribution in [0.3, 0.4) is 0 Å². The number of ether oxygens (including phenoxy) is 1. The van der Waals surface area contributed by atoms with Crippen LogP contribution in [0.25, 0.3) is 0 Å². The monoisotopic (exact) mass is 185 g/mol. The Morgan fingerprint density at radius 2 is 2.15 bits per heavy atom. The van der Waals surface area contributed by atoms with E-state index in [9.17, 15) is 0 Å². The molecule has 1 atom stereocenters. The van der Waals surface area contributed by atoms with Crippen molar-refractivity contribution in [1.82, 2.24) is 4.90 Å². The van der Waals surface area contributed by atoms with Crippen LogP contribution in [0.2, 0.25) is 0 Å². The van der Waals surface area contributed by atoms with E-state index in [-0.39, 0.29) is 0 Å². The summed E-state index contributed by atoms with van der Waals surface area (Å²) >= 11 is 0. The van der Waals surface area contributed by atoms with E-state index in [0.29, 0.717) is 6.10 Å². The van der Waals surface area contributed by atoms with Gasteiger partial charge in [0, 0.05) is 19.7 Å². The molecule has 0 aromatic carbocycles. The third-order valence-corrected chi connectivity index (χ3v) is 2.78. The fraction of sp³-hybridized carbons (Fsp3) is 1.00. The van der Waals surface area contributed by atoms with Crippen molar-refractivity contribution in [3.63, 3.8) is 0 Å².